The number of aliphatic hydroxyl groups excluding tert-OH is 1. The van der Waals surface area contributed by atoms with Crippen molar-refractivity contribution in [1.82, 2.24) is 0 Å². The van der Waals surface area contributed by atoms with Gasteiger partial charge in [-0.3, -0.25) is 0 Å². The molecule has 0 aliphatic heterocycles. The number of hydrogen-bond donors (Lipinski definition) is 1. The van der Waals surface area contributed by atoms with Crippen LogP contribution in [0.1, 0.15) is 20.8 Å². The first kappa shape index (κ1) is 9.31. The Bertz CT molecular complexity index is 63.9. The molecule has 1 N–H and O–H groups in total. The van der Waals surface area contributed by atoms with Gasteiger partial charge >= 0.3 is 0 Å². The normalized spacial score (nSPS) is 14.3. The average Bonchev–Trinajstić information content (AvgIpc) is 1.83. The molecule has 0 fully saturated rings. The van der Waals surface area contributed by atoms with E-state index in [4.69, 9.17) is 5.11 Å². The topological polar surface area (TPSA) is 20.2 Å². The van der Waals surface area contributed by atoms with Gasteiger partial charge in [0.2, 0.25) is 0 Å². The van der Waals surface area contributed by atoms with Gasteiger partial charge in [-0.25, -0.2) is 0 Å². The fraction of sp³-hybridized carbons (Fsp3) is 1.00. The van der Waals surface area contributed by atoms with E-state index in [0.717, 1.165) is 11.7 Å². The van der Waals surface area contributed by atoms with Crippen molar-refractivity contribution in [2.75, 3.05) is 12.4 Å². The minimum atomic E-state index is 0.303. The molecule has 1 atom stereocenters. The predicted molar refractivity (Wildman–Crippen MR) is 43.8 cm³/mol. The fourth-order valence-electron chi connectivity index (χ4n) is 0.409. The number of aliphatic hydroxyl groups is 1. The quantitative estimate of drug-likeness (QED) is 0.655. The van der Waals surface area contributed by atoms with Crippen molar-refractivity contribution in [1.29, 1.82) is 0 Å². The zero-order valence-corrected chi connectivity index (χ0v) is 7.24. The molecule has 1 unspecified atom stereocenters. The van der Waals surface area contributed by atoms with Crippen LogP contribution in [0, 0.1) is 5.92 Å². The summed E-state index contributed by atoms with van der Waals surface area (Å²) in [7, 11) is 0. The summed E-state index contributed by atoms with van der Waals surface area (Å²) < 4.78 is 0. The minimum absolute atomic E-state index is 0.303. The Morgan fingerprint density at radius 3 is 2.22 bits per heavy atom. The molecule has 0 aromatic carbocycles. The van der Waals surface area contributed by atoms with Crippen LogP contribution in [-0.2, 0) is 0 Å². The first-order valence-electron chi connectivity index (χ1n) is 3.39. The van der Waals surface area contributed by atoms with E-state index in [1.54, 1.807) is 0 Å². The van der Waals surface area contributed by atoms with Crippen LogP contribution in [0.25, 0.3) is 0 Å². The van der Waals surface area contributed by atoms with Gasteiger partial charge in [-0.2, -0.15) is 11.8 Å². The van der Waals surface area contributed by atoms with Crippen molar-refractivity contribution >= 4 is 11.8 Å². The Morgan fingerprint density at radius 1 is 1.33 bits per heavy atom. The van der Waals surface area contributed by atoms with Crippen LogP contribution >= 0.6 is 11.8 Å². The van der Waals surface area contributed by atoms with Crippen molar-refractivity contribution in [3.05, 3.63) is 0 Å². The first-order chi connectivity index (χ1) is 4.16. The molecule has 0 aromatic heterocycles. The number of thioether (sulfide) groups is 1. The first-order valence-corrected chi connectivity index (χ1v) is 4.44. The largest absolute Gasteiger partial charge is 0.395 e. The third-order valence-electron chi connectivity index (χ3n) is 0.971. The second-order valence-electron chi connectivity index (χ2n) is 2.72. The van der Waals surface area contributed by atoms with Crippen molar-refractivity contribution in [3.8, 4) is 0 Å². The van der Waals surface area contributed by atoms with E-state index in [1.807, 2.05) is 18.7 Å². The smallest absolute Gasteiger partial charge is 0.0547 e. The molecule has 0 aliphatic rings. The number of hydrogen-bond acceptors (Lipinski definition) is 2. The molecule has 0 aliphatic carbocycles. The Balaban J connectivity index is 3.06. The van der Waals surface area contributed by atoms with Gasteiger partial charge in [0, 0.05) is 5.25 Å². The lowest BCUT2D eigenvalue weighted by molar-refractivity contribution is 0.300. The minimum Gasteiger partial charge on any atom is -0.395 e. The molecule has 9 heavy (non-hydrogen) atoms. The Kier molecular flexibility index (Phi) is 5.30. The van der Waals surface area contributed by atoms with Crippen LogP contribution in [-0.4, -0.2) is 22.7 Å². The third kappa shape index (κ3) is 6.19. The van der Waals surface area contributed by atoms with Crippen molar-refractivity contribution in [2.45, 2.75) is 26.0 Å². The maximum absolute atomic E-state index is 8.63. The summed E-state index contributed by atoms with van der Waals surface area (Å²) in [6, 6.07) is 0. The summed E-state index contributed by atoms with van der Waals surface area (Å²) in [6.07, 6.45) is 0. The highest BCUT2D eigenvalue weighted by Crippen LogP contribution is 2.13. The zero-order chi connectivity index (χ0) is 7.28. The van der Waals surface area contributed by atoms with Gasteiger partial charge < -0.3 is 5.11 Å². The molecular formula is C7H16OS. The molecule has 1 nitrogen and oxygen atoms in total. The van der Waals surface area contributed by atoms with Crippen molar-refractivity contribution < 1.29 is 5.11 Å². The standard InChI is InChI=1S/C7H16OS/c1-6(2)5-9-7(3)4-8/h6-8H,4-5H2,1-3H3. The molecule has 0 aromatic rings. The molecule has 56 valence electrons. The molecule has 0 spiro atoms. The Morgan fingerprint density at radius 2 is 1.89 bits per heavy atom. The predicted octanol–water partition coefficient (Wildman–Crippen LogP) is 1.76. The lowest BCUT2D eigenvalue weighted by atomic mass is 10.3. The zero-order valence-electron chi connectivity index (χ0n) is 6.42. The van der Waals surface area contributed by atoms with E-state index in [9.17, 15) is 0 Å². The van der Waals surface area contributed by atoms with Gasteiger partial charge in [0.1, 0.15) is 0 Å². The average molecular weight is 148 g/mol. The number of rotatable bonds is 4. The lowest BCUT2D eigenvalue weighted by Gasteiger charge is -2.08. The third-order valence-corrected chi connectivity index (χ3v) is 2.55. The van der Waals surface area contributed by atoms with Crippen molar-refractivity contribution in [2.24, 2.45) is 5.92 Å². The highest BCUT2D eigenvalue weighted by atomic mass is 32.2. The highest BCUT2D eigenvalue weighted by molar-refractivity contribution is 7.99. The molecular weight excluding hydrogens is 132 g/mol. The van der Waals surface area contributed by atoms with E-state index in [1.165, 1.54) is 0 Å². The van der Waals surface area contributed by atoms with E-state index in [2.05, 4.69) is 13.8 Å². The van der Waals surface area contributed by atoms with Gasteiger partial charge in [0.05, 0.1) is 6.61 Å². The van der Waals surface area contributed by atoms with Gasteiger partial charge in [0.15, 0.2) is 0 Å². The molecule has 0 saturated carbocycles. The Labute approximate surface area is 61.8 Å². The summed E-state index contributed by atoms with van der Waals surface area (Å²) in [5, 5.41) is 9.04. The van der Waals surface area contributed by atoms with E-state index >= 15 is 0 Å². The van der Waals surface area contributed by atoms with Gasteiger partial charge in [-0.1, -0.05) is 20.8 Å². The molecule has 0 radical (unpaired) electrons. The van der Waals surface area contributed by atoms with E-state index in [-0.39, 0.29) is 0 Å². The molecule has 0 amide bonds. The summed E-state index contributed by atoms with van der Waals surface area (Å²) in [4.78, 5) is 0. The summed E-state index contributed by atoms with van der Waals surface area (Å²) in [5.74, 6) is 1.89. The summed E-state index contributed by atoms with van der Waals surface area (Å²) in [5.41, 5.74) is 0. The van der Waals surface area contributed by atoms with Gasteiger partial charge in [0.25, 0.3) is 0 Å². The van der Waals surface area contributed by atoms with Crippen LogP contribution in [0.2, 0.25) is 0 Å². The molecule has 0 heterocycles. The second kappa shape index (κ2) is 5.12. The molecule has 2 heteroatoms. The molecule has 0 bridgehead atoms. The monoisotopic (exact) mass is 148 g/mol. The highest BCUT2D eigenvalue weighted by Gasteiger charge is 2.00. The van der Waals surface area contributed by atoms with Crippen LogP contribution in [0.5, 0.6) is 0 Å². The maximum atomic E-state index is 8.63. The van der Waals surface area contributed by atoms with Gasteiger partial charge in [-0.05, 0) is 11.7 Å². The van der Waals surface area contributed by atoms with Gasteiger partial charge in [-0.15, -0.1) is 0 Å². The van der Waals surface area contributed by atoms with Crippen LogP contribution < -0.4 is 0 Å². The Hall–Kier alpha value is 0.310. The van der Waals surface area contributed by atoms with Crippen molar-refractivity contribution in [3.63, 3.8) is 0 Å². The van der Waals surface area contributed by atoms with Crippen LogP contribution in [0.15, 0.2) is 0 Å². The SMILES string of the molecule is CC(C)CSC(C)CO. The molecule has 0 saturated heterocycles. The summed E-state index contributed by atoms with van der Waals surface area (Å²) >= 11 is 1.83. The lowest BCUT2D eigenvalue weighted by Crippen LogP contribution is -2.05. The van der Waals surface area contributed by atoms with Crippen LogP contribution in [0.4, 0.5) is 0 Å². The summed E-state index contributed by atoms with van der Waals surface area (Å²) in [6.45, 7) is 6.73. The maximum Gasteiger partial charge on any atom is 0.0547 e. The van der Waals surface area contributed by atoms with Crippen LogP contribution in [0.3, 0.4) is 0 Å². The fourth-order valence-corrected chi connectivity index (χ4v) is 1.23. The molecule has 0 rings (SSSR count). The van der Waals surface area contributed by atoms with E-state index in [0.29, 0.717) is 11.9 Å². The van der Waals surface area contributed by atoms with E-state index < -0.39 is 0 Å². The second-order valence-corrected chi connectivity index (χ2v) is 4.19.